The van der Waals surface area contributed by atoms with Crippen molar-refractivity contribution in [3.05, 3.63) is 56.3 Å². The number of pyridine rings is 1. The van der Waals surface area contributed by atoms with Gasteiger partial charge in [0.15, 0.2) is 6.61 Å². The number of amides is 1. The Bertz CT molecular complexity index is 823. The number of aryl methyl sites for hydroxylation is 5. The predicted octanol–water partition coefficient (Wildman–Crippen LogP) is 3.55. The smallest absolute Gasteiger partial charge is 0.333 e. The number of anilines is 1. The number of rotatable bonds is 5. The third kappa shape index (κ3) is 4.32. The first-order valence-corrected chi connectivity index (χ1v) is 7.82. The van der Waals surface area contributed by atoms with Crippen LogP contribution in [0, 0.1) is 44.7 Å². The molecule has 2 aromatic rings. The number of nitro groups is 1. The summed E-state index contributed by atoms with van der Waals surface area (Å²) in [5, 5.41) is 14.0. The fourth-order valence-corrected chi connectivity index (χ4v) is 2.81. The summed E-state index contributed by atoms with van der Waals surface area (Å²) in [4.78, 5) is 26.9. The highest BCUT2D eigenvalue weighted by atomic mass is 16.6. The SMILES string of the molecule is Cc1cc(C)c(NC(=O)COc2nc(C)cc(C)c2[N+](=O)[O-])c(C)c1. The second kappa shape index (κ2) is 7.29. The van der Waals surface area contributed by atoms with Gasteiger partial charge in [-0.3, -0.25) is 14.9 Å². The zero-order valence-electron chi connectivity index (χ0n) is 15.0. The van der Waals surface area contributed by atoms with Crippen molar-refractivity contribution in [3.8, 4) is 5.88 Å². The number of hydrogen-bond donors (Lipinski definition) is 1. The van der Waals surface area contributed by atoms with Gasteiger partial charge in [-0.2, -0.15) is 0 Å². The van der Waals surface area contributed by atoms with E-state index in [1.54, 1.807) is 19.9 Å². The molecule has 1 N–H and O–H groups in total. The zero-order chi connectivity index (χ0) is 18.7. The van der Waals surface area contributed by atoms with Crippen molar-refractivity contribution in [1.82, 2.24) is 4.98 Å². The van der Waals surface area contributed by atoms with Crippen molar-refractivity contribution in [2.45, 2.75) is 34.6 Å². The highest BCUT2D eigenvalue weighted by molar-refractivity contribution is 5.93. The molecule has 1 aromatic carbocycles. The van der Waals surface area contributed by atoms with Crippen LogP contribution in [0.2, 0.25) is 0 Å². The molecule has 2 rings (SSSR count). The number of carbonyl (C=O) groups is 1. The first-order valence-electron chi connectivity index (χ1n) is 7.82. The summed E-state index contributed by atoms with van der Waals surface area (Å²) in [5.74, 6) is -0.541. The minimum absolute atomic E-state index is 0.144. The van der Waals surface area contributed by atoms with Crippen molar-refractivity contribution in [2.24, 2.45) is 0 Å². The maximum Gasteiger partial charge on any atom is 0.333 e. The zero-order valence-corrected chi connectivity index (χ0v) is 15.0. The van der Waals surface area contributed by atoms with Crippen LogP contribution >= 0.6 is 0 Å². The predicted molar refractivity (Wildman–Crippen MR) is 95.1 cm³/mol. The van der Waals surface area contributed by atoms with Gasteiger partial charge in [-0.1, -0.05) is 17.7 Å². The molecule has 1 amide bonds. The minimum atomic E-state index is -0.552. The topological polar surface area (TPSA) is 94.4 Å². The number of aromatic nitrogens is 1. The normalized spacial score (nSPS) is 10.4. The molecule has 7 nitrogen and oxygen atoms in total. The molecule has 7 heteroatoms. The lowest BCUT2D eigenvalue weighted by atomic mass is 10.1. The van der Waals surface area contributed by atoms with Crippen LogP contribution in [0.5, 0.6) is 5.88 Å². The molecular weight excluding hydrogens is 322 g/mol. The summed E-state index contributed by atoms with van der Waals surface area (Å²) in [7, 11) is 0. The van der Waals surface area contributed by atoms with Gasteiger partial charge in [-0.25, -0.2) is 4.98 Å². The molecule has 0 atom stereocenters. The molecule has 0 saturated heterocycles. The quantitative estimate of drug-likeness (QED) is 0.662. The van der Waals surface area contributed by atoms with E-state index >= 15 is 0 Å². The third-order valence-electron chi connectivity index (χ3n) is 3.74. The van der Waals surface area contributed by atoms with Crippen LogP contribution < -0.4 is 10.1 Å². The molecule has 0 radical (unpaired) electrons. The van der Waals surface area contributed by atoms with Gasteiger partial charge in [0.05, 0.1) is 4.92 Å². The highest BCUT2D eigenvalue weighted by Crippen LogP contribution is 2.29. The summed E-state index contributed by atoms with van der Waals surface area (Å²) >= 11 is 0. The molecule has 132 valence electrons. The Morgan fingerprint density at radius 1 is 1.12 bits per heavy atom. The van der Waals surface area contributed by atoms with Gasteiger partial charge in [0.25, 0.3) is 11.8 Å². The molecule has 25 heavy (non-hydrogen) atoms. The Kier molecular flexibility index (Phi) is 5.36. The van der Waals surface area contributed by atoms with Crippen LogP contribution in [0.15, 0.2) is 18.2 Å². The lowest BCUT2D eigenvalue weighted by Gasteiger charge is -2.13. The summed E-state index contributed by atoms with van der Waals surface area (Å²) in [6.07, 6.45) is 0. The Labute approximate surface area is 146 Å². The highest BCUT2D eigenvalue weighted by Gasteiger charge is 2.22. The van der Waals surface area contributed by atoms with Gasteiger partial charge >= 0.3 is 5.69 Å². The van der Waals surface area contributed by atoms with Crippen LogP contribution in [0.1, 0.15) is 27.9 Å². The number of nitrogens with one attached hydrogen (secondary N) is 1. The van der Waals surface area contributed by atoms with E-state index in [0.29, 0.717) is 11.3 Å². The van der Waals surface area contributed by atoms with E-state index < -0.39 is 10.8 Å². The Morgan fingerprint density at radius 3 is 2.28 bits per heavy atom. The van der Waals surface area contributed by atoms with E-state index in [1.807, 2.05) is 32.9 Å². The standard InChI is InChI=1S/C18H21N3O4/c1-10-6-11(2)16(12(3)7-10)20-15(22)9-25-18-17(21(23)24)13(4)8-14(5)19-18/h6-8H,9H2,1-5H3,(H,20,22). The van der Waals surface area contributed by atoms with Gasteiger partial charge in [-0.15, -0.1) is 0 Å². The van der Waals surface area contributed by atoms with Crippen molar-refractivity contribution < 1.29 is 14.5 Å². The molecule has 1 heterocycles. The summed E-state index contributed by atoms with van der Waals surface area (Å²) in [5.41, 5.74) is 4.53. The minimum Gasteiger partial charge on any atom is -0.463 e. The lowest BCUT2D eigenvalue weighted by Crippen LogP contribution is -2.22. The van der Waals surface area contributed by atoms with E-state index in [2.05, 4.69) is 10.3 Å². The van der Waals surface area contributed by atoms with Crippen LogP contribution in [-0.4, -0.2) is 22.4 Å². The van der Waals surface area contributed by atoms with Gasteiger partial charge in [0, 0.05) is 16.9 Å². The van der Waals surface area contributed by atoms with Crippen LogP contribution in [-0.2, 0) is 4.79 Å². The second-order valence-corrected chi connectivity index (χ2v) is 6.10. The van der Waals surface area contributed by atoms with E-state index in [4.69, 9.17) is 4.74 Å². The number of hydrogen-bond acceptors (Lipinski definition) is 5. The monoisotopic (exact) mass is 343 g/mol. The van der Waals surface area contributed by atoms with Crippen molar-refractivity contribution >= 4 is 17.3 Å². The molecule has 0 aliphatic rings. The van der Waals surface area contributed by atoms with Gasteiger partial charge < -0.3 is 10.1 Å². The summed E-state index contributed by atoms with van der Waals surface area (Å²) in [6, 6.07) is 5.55. The second-order valence-electron chi connectivity index (χ2n) is 6.10. The summed E-state index contributed by atoms with van der Waals surface area (Å²) < 4.78 is 5.33. The van der Waals surface area contributed by atoms with Crippen LogP contribution in [0.3, 0.4) is 0 Å². The van der Waals surface area contributed by atoms with Crippen LogP contribution in [0.25, 0.3) is 0 Å². The lowest BCUT2D eigenvalue weighted by molar-refractivity contribution is -0.386. The van der Waals surface area contributed by atoms with E-state index in [9.17, 15) is 14.9 Å². The Balaban J connectivity index is 2.15. The fraction of sp³-hybridized carbons (Fsp3) is 0.333. The Hall–Kier alpha value is -2.96. The Morgan fingerprint density at radius 2 is 1.72 bits per heavy atom. The average Bonchev–Trinajstić information content (AvgIpc) is 2.47. The van der Waals surface area contributed by atoms with Crippen molar-refractivity contribution in [1.29, 1.82) is 0 Å². The molecule has 0 fully saturated rings. The maximum absolute atomic E-state index is 12.2. The van der Waals surface area contributed by atoms with E-state index in [-0.39, 0.29) is 18.2 Å². The molecule has 0 spiro atoms. The van der Waals surface area contributed by atoms with Gasteiger partial charge in [-0.05, 0) is 51.8 Å². The number of carbonyl (C=O) groups excluding carboxylic acids is 1. The molecule has 1 aromatic heterocycles. The maximum atomic E-state index is 12.2. The third-order valence-corrected chi connectivity index (χ3v) is 3.74. The number of benzene rings is 1. The largest absolute Gasteiger partial charge is 0.463 e. The van der Waals surface area contributed by atoms with Crippen LogP contribution in [0.4, 0.5) is 11.4 Å². The fourth-order valence-electron chi connectivity index (χ4n) is 2.81. The molecule has 0 bridgehead atoms. The average molecular weight is 343 g/mol. The number of ether oxygens (including phenoxy) is 1. The first-order chi connectivity index (χ1) is 11.7. The summed E-state index contributed by atoms with van der Waals surface area (Å²) in [6.45, 7) is 8.77. The molecule has 0 aliphatic carbocycles. The molecule has 0 unspecified atom stereocenters. The number of nitrogens with zero attached hydrogens (tertiary/aromatic N) is 2. The molecule has 0 saturated carbocycles. The first kappa shape index (κ1) is 18.4. The van der Waals surface area contributed by atoms with Crippen molar-refractivity contribution in [2.75, 3.05) is 11.9 Å². The molecule has 0 aliphatic heterocycles. The molecular formula is C18H21N3O4. The van der Waals surface area contributed by atoms with Crippen molar-refractivity contribution in [3.63, 3.8) is 0 Å². The van der Waals surface area contributed by atoms with E-state index in [0.717, 1.165) is 22.4 Å². The van der Waals surface area contributed by atoms with Gasteiger partial charge in [0.1, 0.15) is 0 Å². The van der Waals surface area contributed by atoms with Gasteiger partial charge in [0.2, 0.25) is 0 Å². The van der Waals surface area contributed by atoms with E-state index in [1.165, 1.54) is 0 Å².